The molecule has 0 aromatic carbocycles. The van der Waals surface area contributed by atoms with Gasteiger partial charge in [-0.25, -0.2) is 15.0 Å². The van der Waals surface area contributed by atoms with E-state index < -0.39 is 0 Å². The minimum absolute atomic E-state index is 0.0316. The Hall–Kier alpha value is -1.44. The number of morpholine rings is 1. The second-order valence-corrected chi connectivity index (χ2v) is 5.99. The Bertz CT molecular complexity index is 635. The highest BCUT2D eigenvalue weighted by atomic mass is 35.5. The van der Waals surface area contributed by atoms with Crippen molar-refractivity contribution < 1.29 is 4.74 Å². The summed E-state index contributed by atoms with van der Waals surface area (Å²) in [5.41, 5.74) is 1.77. The first-order valence-corrected chi connectivity index (χ1v) is 7.91. The average Bonchev–Trinajstić information content (AvgIpc) is 2.94. The van der Waals surface area contributed by atoms with Crippen molar-refractivity contribution >= 4 is 34.4 Å². The van der Waals surface area contributed by atoms with Crippen LogP contribution in [0, 0.1) is 6.92 Å². The van der Waals surface area contributed by atoms with E-state index >= 15 is 0 Å². The van der Waals surface area contributed by atoms with Crippen LogP contribution in [0.1, 0.15) is 16.8 Å². The zero-order valence-corrected chi connectivity index (χ0v) is 13.4. The minimum atomic E-state index is -0.0316. The van der Waals surface area contributed by atoms with E-state index in [9.17, 15) is 0 Å². The molecule has 8 heteroatoms. The van der Waals surface area contributed by atoms with Crippen LogP contribution >= 0.6 is 22.9 Å². The Kier molecular flexibility index (Phi) is 4.23. The molecule has 0 aliphatic carbocycles. The van der Waals surface area contributed by atoms with Gasteiger partial charge in [0, 0.05) is 24.7 Å². The molecule has 1 saturated heterocycles. The summed E-state index contributed by atoms with van der Waals surface area (Å²) in [6.07, 6.45) is 1.45. The third-order valence-corrected chi connectivity index (χ3v) is 4.65. The zero-order chi connectivity index (χ0) is 14.8. The van der Waals surface area contributed by atoms with Crippen molar-refractivity contribution in [1.29, 1.82) is 0 Å². The van der Waals surface area contributed by atoms with Crippen molar-refractivity contribution in [2.45, 2.75) is 13.0 Å². The lowest BCUT2D eigenvalue weighted by atomic mass is 10.2. The van der Waals surface area contributed by atoms with Crippen LogP contribution in [0.2, 0.25) is 5.15 Å². The fourth-order valence-corrected chi connectivity index (χ4v) is 3.38. The second kappa shape index (κ2) is 6.13. The fraction of sp³-hybridized carbons (Fsp3) is 0.462. The van der Waals surface area contributed by atoms with Gasteiger partial charge >= 0.3 is 0 Å². The second-order valence-electron chi connectivity index (χ2n) is 4.75. The number of nitrogens with one attached hydrogen (secondary N) is 1. The van der Waals surface area contributed by atoms with E-state index in [0.29, 0.717) is 18.3 Å². The summed E-state index contributed by atoms with van der Waals surface area (Å²) in [5.74, 6) is 0.805. The molecular formula is C13H16ClN5OS. The van der Waals surface area contributed by atoms with Crippen LogP contribution in [0.25, 0.3) is 0 Å². The highest BCUT2D eigenvalue weighted by molar-refractivity contribution is 7.09. The molecule has 0 saturated carbocycles. The summed E-state index contributed by atoms with van der Waals surface area (Å²) in [6, 6.07) is 0. The van der Waals surface area contributed by atoms with E-state index in [0.717, 1.165) is 28.8 Å². The van der Waals surface area contributed by atoms with E-state index in [2.05, 4.69) is 25.2 Å². The number of aryl methyl sites for hydroxylation is 1. The van der Waals surface area contributed by atoms with Crippen molar-refractivity contribution in [2.75, 3.05) is 37.0 Å². The van der Waals surface area contributed by atoms with E-state index in [1.807, 2.05) is 19.4 Å². The molecule has 2 aromatic rings. The Morgan fingerprint density at radius 2 is 2.33 bits per heavy atom. The molecule has 0 spiro atoms. The molecule has 0 amide bonds. The van der Waals surface area contributed by atoms with Crippen LogP contribution in [-0.4, -0.2) is 41.7 Å². The Balaban J connectivity index is 1.85. The number of halogens is 1. The monoisotopic (exact) mass is 325 g/mol. The number of hydrogen-bond acceptors (Lipinski definition) is 7. The Morgan fingerprint density at radius 3 is 3.05 bits per heavy atom. The van der Waals surface area contributed by atoms with Gasteiger partial charge in [0.15, 0.2) is 11.0 Å². The molecule has 1 fully saturated rings. The maximum absolute atomic E-state index is 6.12. The first kappa shape index (κ1) is 14.5. The smallest absolute Gasteiger partial charge is 0.157 e. The number of nitrogens with zero attached hydrogens (tertiary/aromatic N) is 4. The molecule has 1 aliphatic heterocycles. The van der Waals surface area contributed by atoms with Gasteiger partial charge in [0.2, 0.25) is 0 Å². The van der Waals surface area contributed by atoms with E-state index in [1.165, 1.54) is 6.33 Å². The predicted octanol–water partition coefficient (Wildman–Crippen LogP) is 2.51. The van der Waals surface area contributed by atoms with Crippen molar-refractivity contribution in [3.05, 3.63) is 27.6 Å². The van der Waals surface area contributed by atoms with Gasteiger partial charge in [0.25, 0.3) is 0 Å². The molecule has 0 radical (unpaired) electrons. The Morgan fingerprint density at radius 1 is 1.48 bits per heavy atom. The molecular weight excluding hydrogens is 310 g/mol. The molecule has 1 aliphatic rings. The molecule has 1 atom stereocenters. The SMILES string of the molecule is CNc1c(Cl)ncnc1N1CCOC(c2nc(C)cs2)C1. The first-order valence-electron chi connectivity index (χ1n) is 6.66. The summed E-state index contributed by atoms with van der Waals surface area (Å²) in [5, 5.41) is 6.54. The number of hydrogen-bond donors (Lipinski definition) is 1. The highest BCUT2D eigenvalue weighted by Gasteiger charge is 2.27. The van der Waals surface area contributed by atoms with Gasteiger partial charge in [0.1, 0.15) is 23.1 Å². The summed E-state index contributed by atoms with van der Waals surface area (Å²) in [4.78, 5) is 15.0. The lowest BCUT2D eigenvalue weighted by Crippen LogP contribution is -2.39. The maximum Gasteiger partial charge on any atom is 0.157 e. The van der Waals surface area contributed by atoms with Gasteiger partial charge in [-0.2, -0.15) is 0 Å². The number of ether oxygens (including phenoxy) is 1. The molecule has 0 bridgehead atoms. The van der Waals surface area contributed by atoms with E-state index in [-0.39, 0.29) is 6.10 Å². The quantitative estimate of drug-likeness (QED) is 0.875. The predicted molar refractivity (Wildman–Crippen MR) is 84.3 cm³/mol. The molecule has 21 heavy (non-hydrogen) atoms. The van der Waals surface area contributed by atoms with Crippen LogP contribution in [0.4, 0.5) is 11.5 Å². The van der Waals surface area contributed by atoms with Gasteiger partial charge in [0.05, 0.1) is 13.2 Å². The van der Waals surface area contributed by atoms with Crippen molar-refractivity contribution in [3.63, 3.8) is 0 Å². The highest BCUT2D eigenvalue weighted by Crippen LogP contribution is 2.33. The summed E-state index contributed by atoms with van der Waals surface area (Å²) < 4.78 is 5.84. The van der Waals surface area contributed by atoms with Crippen LogP contribution in [-0.2, 0) is 4.74 Å². The Labute approximate surface area is 132 Å². The normalized spacial score (nSPS) is 18.8. The van der Waals surface area contributed by atoms with E-state index in [4.69, 9.17) is 16.3 Å². The van der Waals surface area contributed by atoms with Crippen molar-refractivity contribution in [1.82, 2.24) is 15.0 Å². The largest absolute Gasteiger partial charge is 0.383 e. The van der Waals surface area contributed by atoms with Crippen LogP contribution < -0.4 is 10.2 Å². The van der Waals surface area contributed by atoms with Crippen LogP contribution in [0.3, 0.4) is 0 Å². The molecule has 3 heterocycles. The molecule has 1 N–H and O–H groups in total. The van der Waals surface area contributed by atoms with Gasteiger partial charge in [-0.15, -0.1) is 11.3 Å². The van der Waals surface area contributed by atoms with Crippen LogP contribution in [0.15, 0.2) is 11.7 Å². The minimum Gasteiger partial charge on any atom is -0.383 e. The third kappa shape index (κ3) is 2.95. The summed E-state index contributed by atoms with van der Waals surface area (Å²) >= 11 is 7.75. The van der Waals surface area contributed by atoms with Gasteiger partial charge in [-0.1, -0.05) is 11.6 Å². The van der Waals surface area contributed by atoms with Gasteiger partial charge < -0.3 is 15.0 Å². The van der Waals surface area contributed by atoms with Crippen molar-refractivity contribution in [2.24, 2.45) is 0 Å². The zero-order valence-electron chi connectivity index (χ0n) is 11.8. The summed E-state index contributed by atoms with van der Waals surface area (Å²) in [7, 11) is 1.82. The van der Waals surface area contributed by atoms with Crippen LogP contribution in [0.5, 0.6) is 0 Å². The lowest BCUT2D eigenvalue weighted by Gasteiger charge is -2.33. The fourth-order valence-electron chi connectivity index (χ4n) is 2.32. The number of anilines is 2. The molecule has 2 aromatic heterocycles. The number of rotatable bonds is 3. The van der Waals surface area contributed by atoms with Crippen molar-refractivity contribution in [3.8, 4) is 0 Å². The number of thiazole rings is 1. The van der Waals surface area contributed by atoms with Gasteiger partial charge in [-0.05, 0) is 6.92 Å². The number of aromatic nitrogens is 3. The average molecular weight is 326 g/mol. The standard InChI is InChI=1S/C13H16ClN5OS/c1-8-6-21-13(18-8)9-5-19(3-4-20-9)12-10(15-2)11(14)16-7-17-12/h6-7,9,15H,3-5H2,1-2H3. The molecule has 3 rings (SSSR count). The van der Waals surface area contributed by atoms with E-state index in [1.54, 1.807) is 11.3 Å². The third-order valence-electron chi connectivity index (χ3n) is 3.31. The lowest BCUT2D eigenvalue weighted by molar-refractivity contribution is 0.0393. The topological polar surface area (TPSA) is 63.2 Å². The van der Waals surface area contributed by atoms with Gasteiger partial charge in [-0.3, -0.25) is 0 Å². The maximum atomic E-state index is 6.12. The first-order chi connectivity index (χ1) is 10.2. The summed E-state index contributed by atoms with van der Waals surface area (Å²) in [6.45, 7) is 4.09. The molecule has 6 nitrogen and oxygen atoms in total. The molecule has 112 valence electrons. The molecule has 1 unspecified atom stereocenters.